The van der Waals surface area contributed by atoms with E-state index in [1.54, 1.807) is 6.20 Å². The summed E-state index contributed by atoms with van der Waals surface area (Å²) in [5.74, 6) is 1.32. The Hall–Kier alpha value is -3.28. The van der Waals surface area contributed by atoms with Gasteiger partial charge in [0.15, 0.2) is 0 Å². The topological polar surface area (TPSA) is 59.4 Å². The fourth-order valence-corrected chi connectivity index (χ4v) is 3.56. The number of nitrogens with one attached hydrogen (secondary N) is 1. The molecule has 1 aliphatic carbocycles. The average Bonchev–Trinajstić information content (AvgIpc) is 3.49. The van der Waals surface area contributed by atoms with E-state index in [1.165, 1.54) is 12.8 Å². The molecule has 1 atom stereocenters. The molecular weight excluding hydrogens is 376 g/mol. The van der Waals surface area contributed by atoms with Crippen molar-refractivity contribution in [3.05, 3.63) is 78.6 Å². The summed E-state index contributed by atoms with van der Waals surface area (Å²) in [7, 11) is 0. The van der Waals surface area contributed by atoms with Crippen LogP contribution < -0.4 is 10.1 Å². The van der Waals surface area contributed by atoms with Crippen molar-refractivity contribution in [3.8, 4) is 5.75 Å². The predicted octanol–water partition coefficient (Wildman–Crippen LogP) is 4.79. The van der Waals surface area contributed by atoms with Crippen molar-refractivity contribution in [1.82, 2.24) is 14.7 Å². The fourth-order valence-electron chi connectivity index (χ4n) is 3.56. The third-order valence-corrected chi connectivity index (χ3v) is 5.49. The summed E-state index contributed by atoms with van der Waals surface area (Å²) in [5, 5.41) is 7.23. The Labute approximate surface area is 177 Å². The highest BCUT2D eigenvalue weighted by molar-refractivity contribution is 5.89. The SMILES string of the molecule is C[C@@H](C1CC1)N(Cc1ccccc1)C(=O)Nc1cccc(OCCn2cccn2)c1. The van der Waals surface area contributed by atoms with Crippen LogP contribution in [0.1, 0.15) is 25.3 Å². The number of carbonyl (C=O) groups is 1. The van der Waals surface area contributed by atoms with Crippen LogP contribution in [0.15, 0.2) is 73.1 Å². The number of hydrogen-bond acceptors (Lipinski definition) is 3. The number of ether oxygens (including phenoxy) is 1. The van der Waals surface area contributed by atoms with Gasteiger partial charge >= 0.3 is 6.03 Å². The van der Waals surface area contributed by atoms with Gasteiger partial charge < -0.3 is 15.0 Å². The van der Waals surface area contributed by atoms with Gasteiger partial charge in [-0.15, -0.1) is 0 Å². The minimum Gasteiger partial charge on any atom is -0.492 e. The highest BCUT2D eigenvalue weighted by Crippen LogP contribution is 2.36. The summed E-state index contributed by atoms with van der Waals surface area (Å²) in [6.07, 6.45) is 6.04. The summed E-state index contributed by atoms with van der Waals surface area (Å²) < 4.78 is 7.65. The molecule has 2 amide bonds. The Morgan fingerprint density at radius 2 is 2.03 bits per heavy atom. The maximum Gasteiger partial charge on any atom is 0.322 e. The van der Waals surface area contributed by atoms with Gasteiger partial charge in [-0.2, -0.15) is 5.10 Å². The number of anilines is 1. The number of benzene rings is 2. The molecular formula is C24H28N4O2. The zero-order chi connectivity index (χ0) is 20.8. The van der Waals surface area contributed by atoms with E-state index in [2.05, 4.69) is 29.5 Å². The molecule has 1 fully saturated rings. The second kappa shape index (κ2) is 9.48. The number of hydrogen-bond donors (Lipinski definition) is 1. The van der Waals surface area contributed by atoms with Crippen LogP contribution in [0.5, 0.6) is 5.75 Å². The third-order valence-electron chi connectivity index (χ3n) is 5.49. The van der Waals surface area contributed by atoms with Crippen LogP contribution in [0.4, 0.5) is 10.5 Å². The van der Waals surface area contributed by atoms with E-state index in [-0.39, 0.29) is 12.1 Å². The standard InChI is InChI=1S/C24H28N4O2/c1-19(21-11-12-21)28(18-20-7-3-2-4-8-20)24(29)26-22-9-5-10-23(17-22)30-16-15-27-14-6-13-25-27/h2-10,13-14,17,19,21H,11-12,15-16,18H2,1H3,(H,26,29)/t19-/m0/s1. The molecule has 0 unspecified atom stereocenters. The van der Waals surface area contributed by atoms with Crippen LogP contribution in [-0.2, 0) is 13.1 Å². The number of carbonyl (C=O) groups excluding carboxylic acids is 1. The summed E-state index contributed by atoms with van der Waals surface area (Å²) in [6.45, 7) is 3.94. The number of rotatable bonds is 9. The van der Waals surface area contributed by atoms with Gasteiger partial charge in [0, 0.05) is 36.7 Å². The van der Waals surface area contributed by atoms with E-state index < -0.39 is 0 Å². The molecule has 0 radical (unpaired) electrons. The summed E-state index contributed by atoms with van der Waals surface area (Å²) in [5.41, 5.74) is 1.87. The van der Waals surface area contributed by atoms with Crippen molar-refractivity contribution in [1.29, 1.82) is 0 Å². The van der Waals surface area contributed by atoms with Crippen molar-refractivity contribution in [2.24, 2.45) is 5.92 Å². The van der Waals surface area contributed by atoms with Gasteiger partial charge in [-0.3, -0.25) is 4.68 Å². The molecule has 6 nitrogen and oxygen atoms in total. The summed E-state index contributed by atoms with van der Waals surface area (Å²) in [4.78, 5) is 15.1. The highest BCUT2D eigenvalue weighted by atomic mass is 16.5. The quantitative estimate of drug-likeness (QED) is 0.558. The zero-order valence-corrected chi connectivity index (χ0v) is 17.3. The monoisotopic (exact) mass is 404 g/mol. The molecule has 3 aromatic rings. The third kappa shape index (κ3) is 5.41. The minimum absolute atomic E-state index is 0.0769. The van der Waals surface area contributed by atoms with Crippen molar-refractivity contribution in [2.75, 3.05) is 11.9 Å². The maximum atomic E-state index is 13.1. The normalized spacial score (nSPS) is 14.2. The van der Waals surface area contributed by atoms with Crippen LogP contribution in [-0.4, -0.2) is 33.4 Å². The Bertz CT molecular complexity index is 939. The van der Waals surface area contributed by atoms with E-state index in [9.17, 15) is 4.79 Å². The molecule has 1 heterocycles. The number of nitrogens with zero attached hydrogens (tertiary/aromatic N) is 3. The molecule has 1 aromatic heterocycles. The molecule has 0 spiro atoms. The lowest BCUT2D eigenvalue weighted by Crippen LogP contribution is -2.42. The van der Waals surface area contributed by atoms with Crippen LogP contribution in [0.2, 0.25) is 0 Å². The van der Waals surface area contributed by atoms with Gasteiger partial charge in [0.1, 0.15) is 12.4 Å². The van der Waals surface area contributed by atoms with E-state index in [0.29, 0.717) is 25.6 Å². The molecule has 4 rings (SSSR count). The summed E-state index contributed by atoms with van der Waals surface area (Å²) in [6, 6.07) is 19.7. The first kappa shape index (κ1) is 20.0. The largest absolute Gasteiger partial charge is 0.492 e. The lowest BCUT2D eigenvalue weighted by molar-refractivity contribution is 0.181. The van der Waals surface area contributed by atoms with Gasteiger partial charge in [-0.1, -0.05) is 36.4 Å². The molecule has 1 aliphatic rings. The molecule has 0 aliphatic heterocycles. The Morgan fingerprint density at radius 1 is 1.20 bits per heavy atom. The van der Waals surface area contributed by atoms with Crippen molar-refractivity contribution < 1.29 is 9.53 Å². The second-order valence-corrected chi connectivity index (χ2v) is 7.77. The van der Waals surface area contributed by atoms with Gasteiger partial charge in [-0.05, 0) is 49.4 Å². The number of urea groups is 1. The summed E-state index contributed by atoms with van der Waals surface area (Å²) >= 11 is 0. The average molecular weight is 405 g/mol. The smallest absolute Gasteiger partial charge is 0.322 e. The van der Waals surface area contributed by atoms with Crippen LogP contribution in [0.25, 0.3) is 0 Å². The molecule has 1 N–H and O–H groups in total. The molecule has 1 saturated carbocycles. The minimum atomic E-state index is -0.0769. The lowest BCUT2D eigenvalue weighted by atomic mass is 10.1. The van der Waals surface area contributed by atoms with Gasteiger partial charge in [-0.25, -0.2) is 4.79 Å². The first-order chi connectivity index (χ1) is 14.7. The van der Waals surface area contributed by atoms with Gasteiger partial charge in [0.05, 0.1) is 6.54 Å². The Balaban J connectivity index is 1.38. The lowest BCUT2D eigenvalue weighted by Gasteiger charge is -2.30. The van der Waals surface area contributed by atoms with Gasteiger partial charge in [0.25, 0.3) is 0 Å². The van der Waals surface area contributed by atoms with Crippen LogP contribution in [0, 0.1) is 5.92 Å². The molecule has 30 heavy (non-hydrogen) atoms. The molecule has 0 bridgehead atoms. The van der Waals surface area contributed by atoms with Crippen LogP contribution >= 0.6 is 0 Å². The molecule has 0 saturated heterocycles. The van der Waals surface area contributed by atoms with E-state index >= 15 is 0 Å². The van der Waals surface area contributed by atoms with E-state index in [4.69, 9.17) is 4.74 Å². The first-order valence-electron chi connectivity index (χ1n) is 10.5. The van der Waals surface area contributed by atoms with Crippen LogP contribution in [0.3, 0.4) is 0 Å². The fraction of sp³-hybridized carbons (Fsp3) is 0.333. The van der Waals surface area contributed by atoms with Crippen molar-refractivity contribution in [2.45, 2.75) is 38.9 Å². The Morgan fingerprint density at radius 3 is 2.77 bits per heavy atom. The molecule has 2 aromatic carbocycles. The van der Waals surface area contributed by atoms with Crippen molar-refractivity contribution in [3.63, 3.8) is 0 Å². The highest BCUT2D eigenvalue weighted by Gasteiger charge is 2.34. The second-order valence-electron chi connectivity index (χ2n) is 7.77. The molecule has 6 heteroatoms. The Kier molecular flexibility index (Phi) is 6.32. The van der Waals surface area contributed by atoms with Crippen molar-refractivity contribution >= 4 is 11.7 Å². The predicted molar refractivity (Wildman–Crippen MR) is 117 cm³/mol. The number of aromatic nitrogens is 2. The first-order valence-corrected chi connectivity index (χ1v) is 10.5. The zero-order valence-electron chi connectivity index (χ0n) is 17.3. The van der Waals surface area contributed by atoms with E-state index in [0.717, 1.165) is 17.0 Å². The number of amides is 2. The van der Waals surface area contributed by atoms with Gasteiger partial charge in [0.2, 0.25) is 0 Å². The maximum absolute atomic E-state index is 13.1. The molecule has 156 valence electrons. The van der Waals surface area contributed by atoms with E-state index in [1.807, 2.05) is 64.3 Å².